The summed E-state index contributed by atoms with van der Waals surface area (Å²) in [6.45, 7) is 2.63. The molecule has 2 aliphatic rings. The van der Waals surface area contributed by atoms with E-state index in [1.165, 1.54) is 0 Å². The Labute approximate surface area is 82.0 Å². The third kappa shape index (κ3) is 4.85. The third-order valence-corrected chi connectivity index (χ3v) is 1.68. The van der Waals surface area contributed by atoms with Crippen LogP contribution in [-0.2, 0) is 28.4 Å². The molecule has 2 saturated heterocycles. The van der Waals surface area contributed by atoms with Crippen LogP contribution in [0.15, 0.2) is 0 Å². The first-order valence-corrected chi connectivity index (χ1v) is 4.53. The van der Waals surface area contributed by atoms with E-state index in [9.17, 15) is 0 Å². The zero-order chi connectivity index (χ0) is 9.64. The molecule has 2 atom stereocenters. The summed E-state index contributed by atoms with van der Waals surface area (Å²) in [5, 5.41) is 0. The van der Waals surface area contributed by atoms with Crippen LogP contribution in [0.3, 0.4) is 0 Å². The molecule has 14 heavy (non-hydrogen) atoms. The Bertz CT molecular complexity index is 138. The molecule has 0 aliphatic carbocycles. The van der Waals surface area contributed by atoms with Crippen LogP contribution >= 0.6 is 0 Å². The van der Waals surface area contributed by atoms with Gasteiger partial charge in [0.15, 0.2) is 19.9 Å². The molecule has 0 aromatic rings. The maximum absolute atomic E-state index is 5.10. The predicted molar refractivity (Wildman–Crippen MR) is 43.3 cm³/mol. The van der Waals surface area contributed by atoms with Crippen molar-refractivity contribution in [3.8, 4) is 0 Å². The second-order valence-corrected chi connectivity index (χ2v) is 3.02. The van der Waals surface area contributed by atoms with Gasteiger partial charge in [-0.3, -0.25) is 0 Å². The largest absolute Gasteiger partial charge is 0.371 e. The van der Waals surface area contributed by atoms with Gasteiger partial charge in [-0.25, -0.2) is 0 Å². The first kappa shape index (κ1) is 10.3. The van der Waals surface area contributed by atoms with Crippen LogP contribution in [0.1, 0.15) is 0 Å². The van der Waals surface area contributed by atoms with Gasteiger partial charge in [0, 0.05) is 0 Å². The highest BCUT2D eigenvalue weighted by Gasteiger charge is 2.23. The topological polar surface area (TPSA) is 62.0 Å². The highest BCUT2D eigenvalue weighted by atomic mass is 16.8. The smallest absolute Gasteiger partial charge is 0.183 e. The van der Waals surface area contributed by atoms with Crippen molar-refractivity contribution in [1.29, 1.82) is 0 Å². The number of epoxide rings is 2. The van der Waals surface area contributed by atoms with Crippen molar-refractivity contribution in [2.75, 3.05) is 40.2 Å². The molecule has 2 heterocycles. The molecule has 0 N–H and O–H groups in total. The molecular formula is C8H14O6. The average Bonchev–Trinajstić information content (AvgIpc) is 3.00. The van der Waals surface area contributed by atoms with E-state index in [2.05, 4.69) is 0 Å². The minimum absolute atomic E-state index is 0.0711. The summed E-state index contributed by atoms with van der Waals surface area (Å²) < 4.78 is 29.8. The van der Waals surface area contributed by atoms with Crippen LogP contribution in [0.4, 0.5) is 0 Å². The van der Waals surface area contributed by atoms with E-state index in [1.807, 2.05) is 0 Å². The zero-order valence-electron chi connectivity index (χ0n) is 7.85. The Hall–Kier alpha value is -0.240. The summed E-state index contributed by atoms with van der Waals surface area (Å²) in [4.78, 5) is 0. The lowest BCUT2D eigenvalue weighted by Crippen LogP contribution is -2.10. The van der Waals surface area contributed by atoms with Crippen molar-refractivity contribution in [1.82, 2.24) is 0 Å². The van der Waals surface area contributed by atoms with Crippen molar-refractivity contribution in [3.05, 3.63) is 0 Å². The molecule has 0 aromatic carbocycles. The van der Waals surface area contributed by atoms with Gasteiger partial charge in [-0.1, -0.05) is 0 Å². The first-order chi connectivity index (χ1) is 6.95. The minimum atomic E-state index is -0.0711. The number of ether oxygens (including phenoxy) is 6. The summed E-state index contributed by atoms with van der Waals surface area (Å²) in [6, 6.07) is 0. The van der Waals surface area contributed by atoms with Crippen molar-refractivity contribution in [2.45, 2.75) is 12.4 Å². The molecule has 2 aliphatic heterocycles. The maximum atomic E-state index is 5.10. The highest BCUT2D eigenvalue weighted by molar-refractivity contribution is 4.66. The van der Waals surface area contributed by atoms with E-state index in [1.54, 1.807) is 0 Å². The second kappa shape index (κ2) is 5.59. The zero-order valence-corrected chi connectivity index (χ0v) is 7.85. The monoisotopic (exact) mass is 206 g/mol. The van der Waals surface area contributed by atoms with Crippen molar-refractivity contribution >= 4 is 0 Å². The summed E-state index contributed by atoms with van der Waals surface area (Å²) in [7, 11) is 0. The molecule has 6 heteroatoms. The van der Waals surface area contributed by atoms with Gasteiger partial charge in [-0.2, -0.15) is 0 Å². The fourth-order valence-electron chi connectivity index (χ4n) is 0.789. The SMILES string of the molecule is C(OCOCC1CO1)OCOC1CO1. The van der Waals surface area contributed by atoms with Gasteiger partial charge in [-0.15, -0.1) is 0 Å². The van der Waals surface area contributed by atoms with E-state index >= 15 is 0 Å². The Balaban J connectivity index is 1.25. The van der Waals surface area contributed by atoms with E-state index in [-0.39, 0.29) is 32.8 Å². The fourth-order valence-corrected chi connectivity index (χ4v) is 0.789. The van der Waals surface area contributed by atoms with E-state index < -0.39 is 0 Å². The minimum Gasteiger partial charge on any atom is -0.371 e. The molecular weight excluding hydrogens is 192 g/mol. The molecule has 0 radical (unpaired) electrons. The average molecular weight is 206 g/mol. The van der Waals surface area contributed by atoms with Crippen LogP contribution in [0.25, 0.3) is 0 Å². The summed E-state index contributed by atoms with van der Waals surface area (Å²) in [5.74, 6) is 0. The van der Waals surface area contributed by atoms with Crippen LogP contribution in [0, 0.1) is 0 Å². The van der Waals surface area contributed by atoms with E-state index in [0.717, 1.165) is 6.61 Å². The fraction of sp³-hybridized carbons (Fsp3) is 1.00. The Morgan fingerprint density at radius 3 is 2.36 bits per heavy atom. The van der Waals surface area contributed by atoms with E-state index in [0.29, 0.717) is 13.2 Å². The van der Waals surface area contributed by atoms with Gasteiger partial charge < -0.3 is 28.4 Å². The maximum Gasteiger partial charge on any atom is 0.183 e. The second-order valence-electron chi connectivity index (χ2n) is 3.02. The molecule has 0 amide bonds. The van der Waals surface area contributed by atoms with Gasteiger partial charge in [0.05, 0.1) is 13.2 Å². The Morgan fingerprint density at radius 2 is 1.64 bits per heavy atom. The predicted octanol–water partition coefficient (Wildman–Crippen LogP) is -0.320. The lowest BCUT2D eigenvalue weighted by Gasteiger charge is -2.05. The number of rotatable bonds is 9. The van der Waals surface area contributed by atoms with Crippen LogP contribution in [0.5, 0.6) is 0 Å². The normalized spacial score (nSPS) is 29.1. The van der Waals surface area contributed by atoms with Gasteiger partial charge in [-0.05, 0) is 0 Å². The molecule has 2 rings (SSSR count). The van der Waals surface area contributed by atoms with Crippen molar-refractivity contribution in [2.24, 2.45) is 0 Å². The summed E-state index contributed by atoms with van der Waals surface area (Å²) in [6.07, 6.45) is 0.202. The Morgan fingerprint density at radius 1 is 0.929 bits per heavy atom. The van der Waals surface area contributed by atoms with Gasteiger partial charge in [0.25, 0.3) is 0 Å². The van der Waals surface area contributed by atoms with Gasteiger partial charge in [0.1, 0.15) is 19.5 Å². The van der Waals surface area contributed by atoms with Crippen molar-refractivity contribution in [3.63, 3.8) is 0 Å². The standard InChI is InChI=1S/C8H14O6/c1(7-2-12-7)9-4-10-5-11-6-14-8-3-13-8/h7-8H,1-6H2. The molecule has 82 valence electrons. The summed E-state index contributed by atoms with van der Waals surface area (Å²) >= 11 is 0. The molecule has 2 unspecified atom stereocenters. The molecule has 2 fully saturated rings. The lowest BCUT2D eigenvalue weighted by atomic mass is 10.5. The molecule has 0 saturated carbocycles. The molecule has 0 aromatic heterocycles. The first-order valence-electron chi connectivity index (χ1n) is 4.53. The van der Waals surface area contributed by atoms with Crippen molar-refractivity contribution < 1.29 is 28.4 Å². The lowest BCUT2D eigenvalue weighted by molar-refractivity contribution is -0.179. The summed E-state index contributed by atoms with van der Waals surface area (Å²) in [5.41, 5.74) is 0. The molecule has 0 spiro atoms. The molecule has 6 nitrogen and oxygen atoms in total. The molecule has 0 bridgehead atoms. The van der Waals surface area contributed by atoms with Gasteiger partial charge in [0.2, 0.25) is 0 Å². The van der Waals surface area contributed by atoms with Crippen LogP contribution in [0.2, 0.25) is 0 Å². The number of hydrogen-bond donors (Lipinski definition) is 0. The van der Waals surface area contributed by atoms with E-state index in [4.69, 9.17) is 28.4 Å². The Kier molecular flexibility index (Phi) is 4.11. The van der Waals surface area contributed by atoms with Crippen LogP contribution in [-0.4, -0.2) is 52.6 Å². The quantitative estimate of drug-likeness (QED) is 0.293. The third-order valence-electron chi connectivity index (χ3n) is 1.68. The van der Waals surface area contributed by atoms with Gasteiger partial charge >= 0.3 is 0 Å². The van der Waals surface area contributed by atoms with Crippen LogP contribution < -0.4 is 0 Å². The number of hydrogen-bond acceptors (Lipinski definition) is 6. The highest BCUT2D eigenvalue weighted by Crippen LogP contribution is 2.09.